The van der Waals surface area contributed by atoms with E-state index in [1.165, 1.54) is 6.07 Å². The first-order chi connectivity index (χ1) is 9.69. The largest absolute Gasteiger partial charge is 0.507 e. The normalized spacial score (nSPS) is 17.4. The van der Waals surface area contributed by atoms with E-state index in [9.17, 15) is 9.90 Å². The van der Waals surface area contributed by atoms with Crippen LogP contribution in [0.4, 0.5) is 0 Å². The number of hydrogen-bond donors (Lipinski definition) is 2. The number of carbonyl (C=O) groups is 1. The molecular formula is C16H14O4. The van der Waals surface area contributed by atoms with Gasteiger partial charge in [-0.1, -0.05) is 30.3 Å². The Bertz CT molecular complexity index is 649. The molecule has 0 aliphatic carbocycles. The maximum Gasteiger partial charge on any atom is 0.174 e. The summed E-state index contributed by atoms with van der Waals surface area (Å²) in [6, 6.07) is 12.5. The lowest BCUT2D eigenvalue weighted by atomic mass is 9.94. The van der Waals surface area contributed by atoms with Crippen molar-refractivity contribution >= 4 is 5.78 Å². The minimum atomic E-state index is -0.357. The second-order valence-corrected chi connectivity index (χ2v) is 4.79. The van der Waals surface area contributed by atoms with E-state index in [-0.39, 0.29) is 36.2 Å². The van der Waals surface area contributed by atoms with Crippen LogP contribution in [0.1, 0.15) is 34.0 Å². The van der Waals surface area contributed by atoms with E-state index in [1.807, 2.05) is 30.3 Å². The molecule has 102 valence electrons. The standard InChI is InChI=1S/C16H14O4/c17-9-10-6-12(18)16-13(19)8-14(20-15(16)7-10)11-4-2-1-3-5-11/h1-7,14,17-18H,8-9H2/t14-/m1/s1. The quantitative estimate of drug-likeness (QED) is 0.880. The second-order valence-electron chi connectivity index (χ2n) is 4.79. The Balaban J connectivity index is 2.02. The number of benzene rings is 2. The number of rotatable bonds is 2. The Labute approximate surface area is 116 Å². The highest BCUT2D eigenvalue weighted by atomic mass is 16.5. The Hall–Kier alpha value is -2.33. The van der Waals surface area contributed by atoms with Gasteiger partial charge in [0.15, 0.2) is 5.78 Å². The van der Waals surface area contributed by atoms with Crippen LogP contribution in [-0.4, -0.2) is 16.0 Å². The molecule has 0 amide bonds. The average molecular weight is 270 g/mol. The van der Waals surface area contributed by atoms with Crippen LogP contribution in [-0.2, 0) is 6.61 Å². The zero-order valence-electron chi connectivity index (χ0n) is 10.7. The predicted octanol–water partition coefficient (Wildman–Crippen LogP) is 2.59. The van der Waals surface area contributed by atoms with Gasteiger partial charge >= 0.3 is 0 Å². The van der Waals surface area contributed by atoms with Crippen LogP contribution in [0.2, 0.25) is 0 Å². The fraction of sp³-hybridized carbons (Fsp3) is 0.188. The summed E-state index contributed by atoms with van der Waals surface area (Å²) < 4.78 is 5.82. The smallest absolute Gasteiger partial charge is 0.174 e. The first-order valence-corrected chi connectivity index (χ1v) is 6.40. The van der Waals surface area contributed by atoms with Gasteiger partial charge in [0.1, 0.15) is 23.2 Å². The molecule has 0 saturated heterocycles. The molecule has 0 unspecified atom stereocenters. The number of phenolic OH excluding ortho intramolecular Hbond substituents is 1. The van der Waals surface area contributed by atoms with Crippen LogP contribution in [0.5, 0.6) is 11.5 Å². The van der Waals surface area contributed by atoms with E-state index in [4.69, 9.17) is 9.84 Å². The van der Waals surface area contributed by atoms with Crippen LogP contribution in [0.3, 0.4) is 0 Å². The molecule has 1 aliphatic rings. The van der Waals surface area contributed by atoms with Gasteiger partial charge in [0.05, 0.1) is 13.0 Å². The summed E-state index contributed by atoms with van der Waals surface area (Å²) in [6.45, 7) is -0.214. The summed E-state index contributed by atoms with van der Waals surface area (Å²) in [5.74, 6) is 0.0457. The number of aromatic hydroxyl groups is 1. The summed E-state index contributed by atoms with van der Waals surface area (Å²) in [4.78, 5) is 12.2. The van der Waals surface area contributed by atoms with E-state index >= 15 is 0 Å². The molecule has 0 saturated carbocycles. The van der Waals surface area contributed by atoms with E-state index in [1.54, 1.807) is 6.07 Å². The molecule has 1 aliphatic heterocycles. The highest BCUT2D eigenvalue weighted by Gasteiger charge is 2.30. The van der Waals surface area contributed by atoms with Gasteiger partial charge in [-0.25, -0.2) is 0 Å². The summed E-state index contributed by atoms with van der Waals surface area (Å²) in [5.41, 5.74) is 1.64. The fourth-order valence-electron chi connectivity index (χ4n) is 2.44. The molecule has 3 rings (SSSR count). The molecule has 2 N–H and O–H groups in total. The minimum absolute atomic E-state index is 0.136. The number of Topliss-reactive ketones (excluding diaryl/α,β-unsaturated/α-hetero) is 1. The van der Waals surface area contributed by atoms with Crippen LogP contribution in [0.25, 0.3) is 0 Å². The van der Waals surface area contributed by atoms with Crippen LogP contribution in [0, 0.1) is 0 Å². The Morgan fingerprint density at radius 2 is 1.95 bits per heavy atom. The molecule has 0 fully saturated rings. The van der Waals surface area contributed by atoms with E-state index in [2.05, 4.69) is 0 Å². The molecule has 1 atom stereocenters. The van der Waals surface area contributed by atoms with Crippen molar-refractivity contribution in [2.24, 2.45) is 0 Å². The van der Waals surface area contributed by atoms with Crippen LogP contribution in [0.15, 0.2) is 42.5 Å². The fourth-order valence-corrected chi connectivity index (χ4v) is 2.44. The molecule has 20 heavy (non-hydrogen) atoms. The van der Waals surface area contributed by atoms with Crippen molar-refractivity contribution in [2.75, 3.05) is 0 Å². The number of fused-ring (bicyclic) bond motifs is 1. The van der Waals surface area contributed by atoms with Crippen LogP contribution < -0.4 is 4.74 Å². The van der Waals surface area contributed by atoms with Crippen molar-refractivity contribution in [3.05, 3.63) is 59.2 Å². The lowest BCUT2D eigenvalue weighted by Crippen LogP contribution is -2.20. The molecule has 2 aromatic rings. The minimum Gasteiger partial charge on any atom is -0.507 e. The van der Waals surface area contributed by atoms with Gasteiger partial charge in [-0.15, -0.1) is 0 Å². The van der Waals surface area contributed by atoms with Gasteiger partial charge in [-0.2, -0.15) is 0 Å². The number of ether oxygens (including phenoxy) is 1. The lowest BCUT2D eigenvalue weighted by molar-refractivity contribution is 0.0844. The van der Waals surface area contributed by atoms with Crippen molar-refractivity contribution in [1.82, 2.24) is 0 Å². The molecular weight excluding hydrogens is 256 g/mol. The van der Waals surface area contributed by atoms with Crippen molar-refractivity contribution in [3.63, 3.8) is 0 Å². The SMILES string of the molecule is O=C1C[C@H](c2ccccc2)Oc2cc(CO)cc(O)c21. The van der Waals surface area contributed by atoms with E-state index in [0.717, 1.165) is 5.56 Å². The first kappa shape index (κ1) is 12.7. The third-order valence-corrected chi connectivity index (χ3v) is 3.41. The van der Waals surface area contributed by atoms with Gasteiger partial charge in [-0.3, -0.25) is 4.79 Å². The number of ketones is 1. The summed E-state index contributed by atoms with van der Waals surface area (Å²) in [6.07, 6.45) is -0.159. The third-order valence-electron chi connectivity index (χ3n) is 3.41. The topological polar surface area (TPSA) is 66.8 Å². The lowest BCUT2D eigenvalue weighted by Gasteiger charge is -2.26. The monoisotopic (exact) mass is 270 g/mol. The van der Waals surface area contributed by atoms with Crippen LogP contribution >= 0.6 is 0 Å². The molecule has 0 aromatic heterocycles. The van der Waals surface area contributed by atoms with Gasteiger partial charge in [0.2, 0.25) is 0 Å². The summed E-state index contributed by atoms with van der Waals surface area (Å²) >= 11 is 0. The molecule has 4 heteroatoms. The van der Waals surface area contributed by atoms with Crippen molar-refractivity contribution in [1.29, 1.82) is 0 Å². The van der Waals surface area contributed by atoms with Crippen molar-refractivity contribution in [3.8, 4) is 11.5 Å². The third kappa shape index (κ3) is 2.14. The predicted molar refractivity (Wildman–Crippen MR) is 72.8 cm³/mol. The number of hydrogen-bond acceptors (Lipinski definition) is 4. The van der Waals surface area contributed by atoms with Gasteiger partial charge in [0.25, 0.3) is 0 Å². The molecule has 0 spiro atoms. The molecule has 0 radical (unpaired) electrons. The summed E-state index contributed by atoms with van der Waals surface area (Å²) in [7, 11) is 0. The average Bonchev–Trinajstić information content (AvgIpc) is 2.47. The molecule has 1 heterocycles. The van der Waals surface area contributed by atoms with Crippen molar-refractivity contribution < 1.29 is 19.7 Å². The number of carbonyl (C=O) groups excluding carboxylic acids is 1. The van der Waals surface area contributed by atoms with E-state index < -0.39 is 0 Å². The number of aliphatic hydroxyl groups excluding tert-OH is 1. The number of aliphatic hydroxyl groups is 1. The summed E-state index contributed by atoms with van der Waals surface area (Å²) in [5, 5.41) is 19.0. The van der Waals surface area contributed by atoms with Gasteiger partial charge < -0.3 is 14.9 Å². The molecule has 2 aromatic carbocycles. The maximum absolute atomic E-state index is 12.2. The zero-order chi connectivity index (χ0) is 14.1. The van der Waals surface area contributed by atoms with E-state index in [0.29, 0.717) is 11.3 Å². The maximum atomic E-state index is 12.2. The Kier molecular flexibility index (Phi) is 3.16. The second kappa shape index (κ2) is 4.98. The van der Waals surface area contributed by atoms with Gasteiger partial charge in [0, 0.05) is 0 Å². The molecule has 4 nitrogen and oxygen atoms in total. The van der Waals surface area contributed by atoms with Gasteiger partial charge in [-0.05, 0) is 23.3 Å². The van der Waals surface area contributed by atoms with Crippen molar-refractivity contribution in [2.45, 2.75) is 19.1 Å². The zero-order valence-corrected chi connectivity index (χ0v) is 10.7. The first-order valence-electron chi connectivity index (χ1n) is 6.40. The Morgan fingerprint density at radius 3 is 2.65 bits per heavy atom. The highest BCUT2D eigenvalue weighted by molar-refractivity contribution is 6.02. The Morgan fingerprint density at radius 1 is 1.20 bits per heavy atom. The number of phenols is 1. The molecule has 0 bridgehead atoms. The highest BCUT2D eigenvalue weighted by Crippen LogP contribution is 2.39.